The molecule has 0 aliphatic carbocycles. The van der Waals surface area contributed by atoms with E-state index in [1.807, 2.05) is 20.8 Å². The van der Waals surface area contributed by atoms with Gasteiger partial charge in [-0.2, -0.15) is 0 Å². The lowest BCUT2D eigenvalue weighted by Crippen LogP contribution is -2.47. The molecule has 0 radical (unpaired) electrons. The molecule has 7 heteroatoms. The number of nitrogens with zero attached hydrogens (tertiary/aromatic N) is 1. The van der Waals surface area contributed by atoms with Crippen molar-refractivity contribution in [1.82, 2.24) is 10.2 Å². The molecule has 0 aliphatic heterocycles. The maximum Gasteiger partial charge on any atom is 0.317 e. The third-order valence-electron chi connectivity index (χ3n) is 2.71. The topological polar surface area (TPSA) is 113 Å². The summed E-state index contributed by atoms with van der Waals surface area (Å²) in [5.41, 5.74) is 5.10. The van der Waals surface area contributed by atoms with E-state index in [0.29, 0.717) is 13.0 Å². The van der Waals surface area contributed by atoms with Crippen LogP contribution in [0.5, 0.6) is 0 Å². The van der Waals surface area contributed by atoms with Gasteiger partial charge in [0, 0.05) is 13.1 Å². The van der Waals surface area contributed by atoms with Gasteiger partial charge < -0.3 is 21.1 Å². The zero-order valence-corrected chi connectivity index (χ0v) is 12.4. The molecule has 0 aromatic rings. The largest absolute Gasteiger partial charge is 0.481 e. The second kappa shape index (κ2) is 9.17. The van der Waals surface area contributed by atoms with Crippen LogP contribution in [-0.2, 0) is 9.59 Å². The fraction of sp³-hybridized carbons (Fsp3) is 0.769. The Balaban J connectivity index is 4.50. The van der Waals surface area contributed by atoms with Gasteiger partial charge in [0.05, 0.1) is 5.92 Å². The number of hydrogen-bond acceptors (Lipinski definition) is 3. The van der Waals surface area contributed by atoms with Crippen molar-refractivity contribution in [3.05, 3.63) is 0 Å². The average molecular weight is 287 g/mol. The number of carbonyl (C=O) groups excluding carboxylic acids is 2. The smallest absolute Gasteiger partial charge is 0.317 e. The molecule has 0 saturated carbocycles. The third-order valence-corrected chi connectivity index (χ3v) is 2.71. The molecule has 1 atom stereocenters. The Hall–Kier alpha value is -1.79. The highest BCUT2D eigenvalue weighted by Gasteiger charge is 2.21. The summed E-state index contributed by atoms with van der Waals surface area (Å²) in [4.78, 5) is 35.2. The number of carbonyl (C=O) groups is 3. The van der Waals surface area contributed by atoms with Gasteiger partial charge in [0.25, 0.3) is 0 Å². The summed E-state index contributed by atoms with van der Waals surface area (Å²) in [6.07, 6.45) is 1.22. The summed E-state index contributed by atoms with van der Waals surface area (Å²) >= 11 is 0. The Morgan fingerprint density at radius 3 is 2.30 bits per heavy atom. The summed E-state index contributed by atoms with van der Waals surface area (Å²) < 4.78 is 0. The Morgan fingerprint density at radius 2 is 1.90 bits per heavy atom. The number of urea groups is 1. The predicted octanol–water partition coefficient (Wildman–Crippen LogP) is 0.640. The molecule has 20 heavy (non-hydrogen) atoms. The van der Waals surface area contributed by atoms with Gasteiger partial charge in [-0.1, -0.05) is 27.2 Å². The molecule has 0 aromatic heterocycles. The summed E-state index contributed by atoms with van der Waals surface area (Å²) in [6, 6.07) is -0.458. The zero-order valence-electron chi connectivity index (χ0n) is 12.4. The first-order valence-electron chi connectivity index (χ1n) is 6.81. The first kappa shape index (κ1) is 18.2. The van der Waals surface area contributed by atoms with Gasteiger partial charge in [0.1, 0.15) is 6.54 Å². The second-order valence-electron chi connectivity index (χ2n) is 5.25. The standard InChI is InChI=1S/C13H25N3O4/c1-4-5-10(12(18)19)6-15-13(20)16(7-9(2)3)8-11(14)17/h9-10H,4-8H2,1-3H3,(H2,14,17)(H,15,20)(H,18,19). The van der Waals surface area contributed by atoms with Crippen molar-refractivity contribution < 1.29 is 19.5 Å². The van der Waals surface area contributed by atoms with Crippen molar-refractivity contribution >= 4 is 17.9 Å². The Morgan fingerprint density at radius 1 is 1.30 bits per heavy atom. The lowest BCUT2D eigenvalue weighted by atomic mass is 10.0. The van der Waals surface area contributed by atoms with Gasteiger partial charge >= 0.3 is 12.0 Å². The Labute approximate surface area is 119 Å². The molecule has 0 bridgehead atoms. The van der Waals surface area contributed by atoms with Crippen LogP contribution in [0.3, 0.4) is 0 Å². The van der Waals surface area contributed by atoms with Gasteiger partial charge in [0.15, 0.2) is 0 Å². The Kier molecular flexibility index (Phi) is 8.35. The predicted molar refractivity (Wildman–Crippen MR) is 75.0 cm³/mol. The zero-order chi connectivity index (χ0) is 15.7. The van der Waals surface area contributed by atoms with E-state index in [-0.39, 0.29) is 19.0 Å². The highest BCUT2D eigenvalue weighted by molar-refractivity contribution is 5.83. The normalized spacial score (nSPS) is 12.0. The fourth-order valence-corrected chi connectivity index (χ4v) is 1.83. The maximum absolute atomic E-state index is 12.0. The molecular weight excluding hydrogens is 262 g/mol. The van der Waals surface area contributed by atoms with E-state index in [2.05, 4.69) is 5.32 Å². The molecule has 0 aromatic carbocycles. The van der Waals surface area contributed by atoms with E-state index >= 15 is 0 Å². The van der Waals surface area contributed by atoms with Crippen LogP contribution in [-0.4, -0.2) is 47.5 Å². The molecule has 0 spiro atoms. The van der Waals surface area contributed by atoms with Crippen LogP contribution in [0, 0.1) is 11.8 Å². The monoisotopic (exact) mass is 287 g/mol. The van der Waals surface area contributed by atoms with Crippen LogP contribution in [0.25, 0.3) is 0 Å². The van der Waals surface area contributed by atoms with E-state index in [0.717, 1.165) is 6.42 Å². The molecule has 0 aliphatic rings. The number of aliphatic carboxylic acids is 1. The van der Waals surface area contributed by atoms with Crippen molar-refractivity contribution in [2.45, 2.75) is 33.6 Å². The lowest BCUT2D eigenvalue weighted by molar-refractivity contribution is -0.141. The molecule has 0 rings (SSSR count). The number of rotatable bonds is 9. The first-order valence-corrected chi connectivity index (χ1v) is 6.81. The van der Waals surface area contributed by atoms with Crippen molar-refractivity contribution in [3.8, 4) is 0 Å². The number of amides is 3. The molecule has 1 unspecified atom stereocenters. The highest BCUT2D eigenvalue weighted by Crippen LogP contribution is 2.06. The molecule has 4 N–H and O–H groups in total. The summed E-state index contributed by atoms with van der Waals surface area (Å²) in [5, 5.41) is 11.6. The van der Waals surface area contributed by atoms with Crippen LogP contribution in [0.1, 0.15) is 33.6 Å². The van der Waals surface area contributed by atoms with E-state index in [9.17, 15) is 14.4 Å². The molecule has 116 valence electrons. The van der Waals surface area contributed by atoms with Crippen LogP contribution in [0.2, 0.25) is 0 Å². The minimum absolute atomic E-state index is 0.0510. The van der Waals surface area contributed by atoms with Crippen molar-refractivity contribution in [3.63, 3.8) is 0 Å². The third kappa shape index (κ3) is 7.60. The quantitative estimate of drug-likeness (QED) is 0.577. The van der Waals surface area contributed by atoms with Gasteiger partial charge in [-0.15, -0.1) is 0 Å². The molecule has 0 fully saturated rings. The van der Waals surface area contributed by atoms with Crippen LogP contribution >= 0.6 is 0 Å². The van der Waals surface area contributed by atoms with E-state index < -0.39 is 23.8 Å². The number of carboxylic acid groups (broad SMARTS) is 1. The fourth-order valence-electron chi connectivity index (χ4n) is 1.83. The Bertz CT molecular complexity index is 345. The molecular formula is C13H25N3O4. The maximum atomic E-state index is 12.0. The average Bonchev–Trinajstić information content (AvgIpc) is 2.31. The second-order valence-corrected chi connectivity index (χ2v) is 5.25. The number of carboxylic acids is 1. The number of primary amides is 1. The number of nitrogens with two attached hydrogens (primary N) is 1. The summed E-state index contributed by atoms with van der Waals surface area (Å²) in [7, 11) is 0. The molecule has 0 saturated heterocycles. The minimum Gasteiger partial charge on any atom is -0.481 e. The van der Waals surface area contributed by atoms with Crippen molar-refractivity contribution in [2.24, 2.45) is 17.6 Å². The summed E-state index contributed by atoms with van der Waals surface area (Å²) in [6.45, 7) is 5.98. The van der Waals surface area contributed by atoms with Gasteiger partial charge in [-0.25, -0.2) is 4.79 Å². The van der Waals surface area contributed by atoms with Gasteiger partial charge in [-0.05, 0) is 12.3 Å². The summed E-state index contributed by atoms with van der Waals surface area (Å²) in [5.74, 6) is -1.95. The minimum atomic E-state index is -0.933. The van der Waals surface area contributed by atoms with E-state index in [4.69, 9.17) is 10.8 Å². The van der Waals surface area contributed by atoms with Crippen LogP contribution in [0.15, 0.2) is 0 Å². The SMILES string of the molecule is CCCC(CNC(=O)N(CC(N)=O)CC(C)C)C(=O)O. The number of hydrogen-bond donors (Lipinski definition) is 3. The first-order chi connectivity index (χ1) is 9.27. The van der Waals surface area contributed by atoms with Gasteiger partial charge in [0.2, 0.25) is 5.91 Å². The van der Waals surface area contributed by atoms with Crippen LogP contribution in [0.4, 0.5) is 4.79 Å². The van der Waals surface area contributed by atoms with Crippen molar-refractivity contribution in [2.75, 3.05) is 19.6 Å². The van der Waals surface area contributed by atoms with E-state index in [1.165, 1.54) is 4.90 Å². The highest BCUT2D eigenvalue weighted by atomic mass is 16.4. The van der Waals surface area contributed by atoms with Crippen LogP contribution < -0.4 is 11.1 Å². The molecule has 0 heterocycles. The molecule has 7 nitrogen and oxygen atoms in total. The van der Waals surface area contributed by atoms with E-state index in [1.54, 1.807) is 0 Å². The van der Waals surface area contributed by atoms with Crippen molar-refractivity contribution in [1.29, 1.82) is 0 Å². The lowest BCUT2D eigenvalue weighted by Gasteiger charge is -2.24. The number of nitrogens with one attached hydrogen (secondary N) is 1. The van der Waals surface area contributed by atoms with Gasteiger partial charge in [-0.3, -0.25) is 9.59 Å². The molecule has 3 amide bonds.